The van der Waals surface area contributed by atoms with Crippen molar-refractivity contribution >= 4 is 11.6 Å². The first-order valence-electron chi connectivity index (χ1n) is 4.78. The molecule has 0 amide bonds. The molecule has 0 aliphatic carbocycles. The van der Waals surface area contributed by atoms with E-state index in [1.165, 1.54) is 6.07 Å². The van der Waals surface area contributed by atoms with E-state index in [1.54, 1.807) is 19.2 Å². The monoisotopic (exact) mass is 231 g/mol. The van der Waals surface area contributed by atoms with Crippen LogP contribution in [0, 0.1) is 5.82 Å². The first kappa shape index (κ1) is 12.4. The first-order valence-corrected chi connectivity index (χ1v) is 5.16. The Morgan fingerprint density at radius 3 is 2.80 bits per heavy atom. The van der Waals surface area contributed by atoms with Crippen molar-refractivity contribution in [2.24, 2.45) is 0 Å². The first-order chi connectivity index (χ1) is 7.19. The molecular formula is C11H15ClFNO. The molecule has 0 heterocycles. The number of ether oxygens (including phenoxy) is 1. The van der Waals surface area contributed by atoms with E-state index in [0.717, 1.165) is 0 Å². The third-order valence-corrected chi connectivity index (χ3v) is 2.64. The lowest BCUT2D eigenvalue weighted by Crippen LogP contribution is -2.32. The quantitative estimate of drug-likeness (QED) is 0.840. The Kier molecular flexibility index (Phi) is 5.02. The van der Waals surface area contributed by atoms with Crippen molar-refractivity contribution in [3.8, 4) is 0 Å². The van der Waals surface area contributed by atoms with Crippen molar-refractivity contribution in [1.29, 1.82) is 0 Å². The summed E-state index contributed by atoms with van der Waals surface area (Å²) in [4.78, 5) is 0. The fourth-order valence-electron chi connectivity index (χ4n) is 1.42. The number of methoxy groups -OCH3 is 1. The highest BCUT2D eigenvalue weighted by Gasteiger charge is 2.13. The second-order valence-corrected chi connectivity index (χ2v) is 3.75. The van der Waals surface area contributed by atoms with Gasteiger partial charge in [0.05, 0.1) is 6.61 Å². The lowest BCUT2D eigenvalue weighted by molar-refractivity contribution is 0.169. The van der Waals surface area contributed by atoms with Crippen LogP contribution >= 0.6 is 11.6 Å². The summed E-state index contributed by atoms with van der Waals surface area (Å²) < 4.78 is 18.5. The molecule has 1 N–H and O–H groups in total. The van der Waals surface area contributed by atoms with Gasteiger partial charge in [-0.3, -0.25) is 0 Å². The molecule has 15 heavy (non-hydrogen) atoms. The molecule has 4 heteroatoms. The average Bonchev–Trinajstić information content (AvgIpc) is 2.22. The minimum Gasteiger partial charge on any atom is -0.383 e. The van der Waals surface area contributed by atoms with Crippen molar-refractivity contribution in [2.45, 2.75) is 12.5 Å². The number of hydrogen-bond acceptors (Lipinski definition) is 2. The third-order valence-electron chi connectivity index (χ3n) is 2.29. The molecular weight excluding hydrogens is 217 g/mol. The van der Waals surface area contributed by atoms with Gasteiger partial charge in [-0.25, -0.2) is 4.39 Å². The summed E-state index contributed by atoms with van der Waals surface area (Å²) in [7, 11) is 3.44. The second-order valence-electron chi connectivity index (χ2n) is 3.35. The van der Waals surface area contributed by atoms with E-state index >= 15 is 0 Å². The number of nitrogens with one attached hydrogen (secondary N) is 1. The topological polar surface area (TPSA) is 21.3 Å². The maximum absolute atomic E-state index is 13.4. The molecule has 2 nitrogen and oxygen atoms in total. The van der Waals surface area contributed by atoms with E-state index in [0.29, 0.717) is 23.6 Å². The van der Waals surface area contributed by atoms with Gasteiger partial charge in [-0.05, 0) is 25.6 Å². The van der Waals surface area contributed by atoms with E-state index in [2.05, 4.69) is 5.32 Å². The van der Waals surface area contributed by atoms with E-state index in [1.807, 2.05) is 7.05 Å². The van der Waals surface area contributed by atoms with Crippen molar-refractivity contribution in [1.82, 2.24) is 5.32 Å². The minimum absolute atomic E-state index is 0.0735. The smallest absolute Gasteiger partial charge is 0.127 e. The van der Waals surface area contributed by atoms with Gasteiger partial charge in [0.1, 0.15) is 5.82 Å². The second kappa shape index (κ2) is 6.05. The van der Waals surface area contributed by atoms with Crippen LogP contribution in [0.3, 0.4) is 0 Å². The van der Waals surface area contributed by atoms with Gasteiger partial charge >= 0.3 is 0 Å². The van der Waals surface area contributed by atoms with E-state index < -0.39 is 0 Å². The van der Waals surface area contributed by atoms with Crippen molar-refractivity contribution in [3.63, 3.8) is 0 Å². The van der Waals surface area contributed by atoms with Gasteiger partial charge in [0.2, 0.25) is 0 Å². The molecule has 1 atom stereocenters. The molecule has 0 aromatic heterocycles. The lowest BCUT2D eigenvalue weighted by atomic mass is 10.1. The number of benzene rings is 1. The predicted molar refractivity (Wildman–Crippen MR) is 59.8 cm³/mol. The van der Waals surface area contributed by atoms with E-state index in [-0.39, 0.29) is 11.9 Å². The Morgan fingerprint density at radius 1 is 1.53 bits per heavy atom. The van der Waals surface area contributed by atoms with Crippen LogP contribution in [-0.2, 0) is 11.2 Å². The molecule has 0 fully saturated rings. The number of halogens is 2. The molecule has 1 unspecified atom stereocenters. The molecule has 0 saturated heterocycles. The van der Waals surface area contributed by atoms with Crippen LogP contribution < -0.4 is 5.32 Å². The average molecular weight is 232 g/mol. The number of hydrogen-bond donors (Lipinski definition) is 1. The molecule has 0 aliphatic heterocycles. The minimum atomic E-state index is -0.265. The van der Waals surface area contributed by atoms with Crippen molar-refractivity contribution < 1.29 is 9.13 Å². The van der Waals surface area contributed by atoms with Crippen LogP contribution in [0.2, 0.25) is 5.02 Å². The summed E-state index contributed by atoms with van der Waals surface area (Å²) in [5.41, 5.74) is 0.538. The van der Waals surface area contributed by atoms with Crippen LogP contribution in [0.4, 0.5) is 4.39 Å². The Labute approximate surface area is 94.4 Å². The van der Waals surface area contributed by atoms with Crippen LogP contribution in [0.1, 0.15) is 5.56 Å². The molecule has 0 saturated carbocycles. The standard InChI is InChI=1S/C11H15ClFNO/c1-14-8(7-15-2)6-9-10(12)4-3-5-11(9)13/h3-5,8,14H,6-7H2,1-2H3. The Hall–Kier alpha value is -0.640. The largest absolute Gasteiger partial charge is 0.383 e. The molecule has 0 aliphatic rings. The van der Waals surface area contributed by atoms with Gasteiger partial charge in [0, 0.05) is 23.7 Å². The zero-order chi connectivity index (χ0) is 11.3. The fourth-order valence-corrected chi connectivity index (χ4v) is 1.66. The van der Waals surface area contributed by atoms with Gasteiger partial charge < -0.3 is 10.1 Å². The third kappa shape index (κ3) is 3.45. The van der Waals surface area contributed by atoms with E-state index in [9.17, 15) is 4.39 Å². The predicted octanol–water partition coefficient (Wildman–Crippen LogP) is 2.26. The molecule has 1 aromatic carbocycles. The van der Waals surface area contributed by atoms with Gasteiger partial charge in [0.15, 0.2) is 0 Å². The summed E-state index contributed by atoms with van der Waals surface area (Å²) in [6, 6.07) is 4.79. The van der Waals surface area contributed by atoms with Gasteiger partial charge in [-0.2, -0.15) is 0 Å². The maximum atomic E-state index is 13.4. The highest BCUT2D eigenvalue weighted by atomic mass is 35.5. The summed E-state index contributed by atoms with van der Waals surface area (Å²) in [5, 5.41) is 3.52. The zero-order valence-corrected chi connectivity index (χ0v) is 9.64. The summed E-state index contributed by atoms with van der Waals surface area (Å²) in [6.45, 7) is 0.529. The van der Waals surface area contributed by atoms with Crippen LogP contribution in [0.15, 0.2) is 18.2 Å². The Morgan fingerprint density at radius 2 is 2.27 bits per heavy atom. The maximum Gasteiger partial charge on any atom is 0.127 e. The molecule has 0 spiro atoms. The zero-order valence-electron chi connectivity index (χ0n) is 8.89. The Balaban J connectivity index is 2.78. The molecule has 84 valence electrons. The van der Waals surface area contributed by atoms with Crippen LogP contribution in [0.25, 0.3) is 0 Å². The van der Waals surface area contributed by atoms with Crippen molar-refractivity contribution in [3.05, 3.63) is 34.6 Å². The number of likely N-dealkylation sites (N-methyl/N-ethyl adjacent to an activating group) is 1. The summed E-state index contributed by atoms with van der Waals surface area (Å²) in [6.07, 6.45) is 0.524. The van der Waals surface area contributed by atoms with Crippen LogP contribution in [-0.4, -0.2) is 26.8 Å². The number of rotatable bonds is 5. The van der Waals surface area contributed by atoms with Gasteiger partial charge in [-0.1, -0.05) is 17.7 Å². The normalized spacial score (nSPS) is 12.8. The lowest BCUT2D eigenvalue weighted by Gasteiger charge is -2.16. The SMILES string of the molecule is CNC(COC)Cc1c(F)cccc1Cl. The van der Waals surface area contributed by atoms with Crippen LogP contribution in [0.5, 0.6) is 0 Å². The molecule has 1 rings (SSSR count). The Bertz CT molecular complexity index is 299. The van der Waals surface area contributed by atoms with E-state index in [4.69, 9.17) is 16.3 Å². The fraction of sp³-hybridized carbons (Fsp3) is 0.455. The molecule has 0 bridgehead atoms. The van der Waals surface area contributed by atoms with Crippen molar-refractivity contribution in [2.75, 3.05) is 20.8 Å². The van der Waals surface area contributed by atoms with Gasteiger partial charge in [-0.15, -0.1) is 0 Å². The highest BCUT2D eigenvalue weighted by molar-refractivity contribution is 6.31. The molecule has 1 aromatic rings. The van der Waals surface area contributed by atoms with Gasteiger partial charge in [0.25, 0.3) is 0 Å². The molecule has 0 radical (unpaired) electrons. The highest BCUT2D eigenvalue weighted by Crippen LogP contribution is 2.20. The summed E-state index contributed by atoms with van der Waals surface area (Å²) in [5.74, 6) is -0.265. The summed E-state index contributed by atoms with van der Waals surface area (Å²) >= 11 is 5.92.